The van der Waals surface area contributed by atoms with Crippen LogP contribution < -0.4 is 10.5 Å². The molecule has 1 rings (SSSR count). The summed E-state index contributed by atoms with van der Waals surface area (Å²) in [6, 6.07) is 6.47. The molecule has 0 radical (unpaired) electrons. The van der Waals surface area contributed by atoms with Gasteiger partial charge in [-0.15, -0.1) is 0 Å². The Morgan fingerprint density at radius 2 is 2.05 bits per heavy atom. The number of sulfonamides is 1. The molecule has 5 nitrogen and oxygen atoms in total. The van der Waals surface area contributed by atoms with Crippen molar-refractivity contribution in [1.82, 2.24) is 4.72 Å². The quantitative estimate of drug-likeness (QED) is 0.709. The lowest BCUT2D eigenvalue weighted by molar-refractivity contribution is 0.569. The third-order valence-corrected chi connectivity index (χ3v) is 5.14. The summed E-state index contributed by atoms with van der Waals surface area (Å²) < 4.78 is 37.7. The molecule has 0 spiro atoms. The number of nitrogens with one attached hydrogen (secondary N) is 1. The largest absolute Gasteiger partial charge is 0.389 e. The number of nitrogens with two attached hydrogens (primary N) is 1. The Balaban J connectivity index is 2.87. The molecule has 0 bridgehead atoms. The van der Waals surface area contributed by atoms with Gasteiger partial charge in [0.1, 0.15) is 4.99 Å². The van der Waals surface area contributed by atoms with Crippen LogP contribution in [-0.4, -0.2) is 35.7 Å². The molecule has 2 unspecified atom stereocenters. The van der Waals surface area contributed by atoms with Crippen LogP contribution in [0.2, 0.25) is 0 Å². The van der Waals surface area contributed by atoms with Crippen LogP contribution in [-0.2, 0) is 26.6 Å². The second-order valence-corrected chi connectivity index (χ2v) is 8.21. The fraction of sp³-hybridized carbons (Fsp3) is 0.417. The van der Waals surface area contributed by atoms with Crippen LogP contribution in [0.1, 0.15) is 18.1 Å². The molecule has 0 fully saturated rings. The van der Waals surface area contributed by atoms with E-state index in [4.69, 9.17) is 18.0 Å². The maximum atomic E-state index is 12.1. The van der Waals surface area contributed by atoms with Crippen molar-refractivity contribution in [2.24, 2.45) is 5.73 Å². The first-order valence-corrected chi connectivity index (χ1v) is 9.68. The monoisotopic (exact) mass is 334 g/mol. The van der Waals surface area contributed by atoms with Gasteiger partial charge < -0.3 is 5.73 Å². The molecule has 1 aromatic rings. The summed E-state index contributed by atoms with van der Waals surface area (Å²) in [4.78, 5) is 0.165. The fourth-order valence-corrected chi connectivity index (χ4v) is 4.36. The average molecular weight is 334 g/mol. The first-order valence-electron chi connectivity index (χ1n) is 5.89. The summed E-state index contributed by atoms with van der Waals surface area (Å²) in [5, 5.41) is 0. The fourth-order valence-electron chi connectivity index (χ4n) is 1.83. The molecule has 0 aliphatic rings. The van der Waals surface area contributed by atoms with E-state index >= 15 is 0 Å². The molecule has 0 amide bonds. The predicted molar refractivity (Wildman–Crippen MR) is 86.5 cm³/mol. The Hall–Kier alpha value is -0.830. The van der Waals surface area contributed by atoms with Gasteiger partial charge in [-0.2, -0.15) is 0 Å². The summed E-state index contributed by atoms with van der Waals surface area (Å²) >= 11 is 4.91. The molecule has 0 saturated heterocycles. The summed E-state index contributed by atoms with van der Waals surface area (Å²) in [6.45, 7) is 1.68. The smallest absolute Gasteiger partial charge is 0.216 e. The van der Waals surface area contributed by atoms with E-state index < -0.39 is 20.8 Å². The molecule has 0 aromatic heterocycles. The average Bonchev–Trinajstić information content (AvgIpc) is 2.26. The highest BCUT2D eigenvalue weighted by molar-refractivity contribution is 7.88. The van der Waals surface area contributed by atoms with Crippen molar-refractivity contribution in [3.63, 3.8) is 0 Å². The maximum absolute atomic E-state index is 12.1. The molecule has 1 aromatic carbocycles. The maximum Gasteiger partial charge on any atom is 0.216 e. The third-order valence-electron chi connectivity index (χ3n) is 2.49. The van der Waals surface area contributed by atoms with Crippen LogP contribution in [0.3, 0.4) is 0 Å². The van der Waals surface area contributed by atoms with E-state index in [2.05, 4.69) is 4.72 Å². The number of rotatable bonds is 7. The van der Waals surface area contributed by atoms with Crippen LogP contribution in [0.25, 0.3) is 0 Å². The van der Waals surface area contributed by atoms with Gasteiger partial charge in [-0.1, -0.05) is 36.5 Å². The van der Waals surface area contributed by atoms with Crippen molar-refractivity contribution in [2.45, 2.75) is 18.7 Å². The van der Waals surface area contributed by atoms with Gasteiger partial charge in [-0.25, -0.2) is 13.1 Å². The zero-order chi connectivity index (χ0) is 15.3. The zero-order valence-electron chi connectivity index (χ0n) is 11.3. The van der Waals surface area contributed by atoms with Crippen LogP contribution in [0.15, 0.2) is 24.3 Å². The van der Waals surface area contributed by atoms with Crippen LogP contribution >= 0.6 is 12.2 Å². The summed E-state index contributed by atoms with van der Waals surface area (Å²) in [5.74, 6) is 0.0668. The lowest BCUT2D eigenvalue weighted by Crippen LogP contribution is -2.37. The van der Waals surface area contributed by atoms with Crippen LogP contribution in [0, 0.1) is 0 Å². The second kappa shape index (κ2) is 7.26. The van der Waals surface area contributed by atoms with Crippen LogP contribution in [0.4, 0.5) is 0 Å². The van der Waals surface area contributed by atoms with Gasteiger partial charge in [-0.3, -0.25) is 4.21 Å². The highest BCUT2D eigenvalue weighted by Crippen LogP contribution is 2.12. The van der Waals surface area contributed by atoms with E-state index in [9.17, 15) is 12.6 Å². The molecule has 0 heterocycles. The molecule has 112 valence electrons. The van der Waals surface area contributed by atoms with Gasteiger partial charge in [0, 0.05) is 34.4 Å². The van der Waals surface area contributed by atoms with Crippen molar-refractivity contribution in [1.29, 1.82) is 0 Å². The number of hydrogen-bond acceptors (Lipinski definition) is 4. The Labute approximate surface area is 127 Å². The van der Waals surface area contributed by atoms with Gasteiger partial charge in [0.25, 0.3) is 0 Å². The van der Waals surface area contributed by atoms with E-state index in [0.717, 1.165) is 0 Å². The molecule has 2 atom stereocenters. The van der Waals surface area contributed by atoms with E-state index in [1.165, 1.54) is 6.26 Å². The first kappa shape index (κ1) is 17.2. The molecule has 0 aliphatic heterocycles. The minimum Gasteiger partial charge on any atom is -0.389 e. The van der Waals surface area contributed by atoms with Gasteiger partial charge in [-0.05, 0) is 12.5 Å². The van der Waals surface area contributed by atoms with Crippen molar-refractivity contribution in [3.05, 3.63) is 35.4 Å². The summed E-state index contributed by atoms with van der Waals surface area (Å²) in [6.07, 6.45) is 1.53. The topological polar surface area (TPSA) is 89.3 Å². The van der Waals surface area contributed by atoms with E-state index in [1.807, 2.05) is 0 Å². The molecule has 8 heteroatoms. The van der Waals surface area contributed by atoms with Gasteiger partial charge in [0.05, 0.1) is 5.75 Å². The first-order chi connectivity index (χ1) is 9.21. The van der Waals surface area contributed by atoms with Crippen molar-refractivity contribution < 1.29 is 12.6 Å². The van der Waals surface area contributed by atoms with Gasteiger partial charge >= 0.3 is 0 Å². The highest BCUT2D eigenvalue weighted by Gasteiger charge is 2.18. The van der Waals surface area contributed by atoms with Gasteiger partial charge in [0.2, 0.25) is 10.0 Å². The standard InChI is InChI=1S/C12H18N2O3S3/c1-9(7-19(2)15)14-20(16,17)8-10-5-3-4-6-11(10)12(13)18/h3-6,9,14H,7-8H2,1-2H3,(H2,13,18). The minimum atomic E-state index is -3.54. The summed E-state index contributed by atoms with van der Waals surface area (Å²) in [7, 11) is -4.59. The summed E-state index contributed by atoms with van der Waals surface area (Å²) in [5.41, 5.74) is 6.68. The molecule has 0 aliphatic carbocycles. The molecular formula is C12H18N2O3S3. The van der Waals surface area contributed by atoms with Crippen molar-refractivity contribution >= 4 is 38.0 Å². The van der Waals surface area contributed by atoms with E-state index in [0.29, 0.717) is 11.1 Å². The molecule has 3 N–H and O–H groups in total. The SMILES string of the molecule is CC(CS(C)=O)NS(=O)(=O)Cc1ccccc1C(N)=S. The number of thiocarbonyl (C=S) groups is 1. The van der Waals surface area contributed by atoms with Crippen LogP contribution in [0.5, 0.6) is 0 Å². The molecule has 20 heavy (non-hydrogen) atoms. The number of benzene rings is 1. The molecular weight excluding hydrogens is 316 g/mol. The lowest BCUT2D eigenvalue weighted by atomic mass is 10.1. The third kappa shape index (κ3) is 5.66. The predicted octanol–water partition coefficient (Wildman–Crippen LogP) is 0.507. The second-order valence-electron chi connectivity index (χ2n) is 4.54. The van der Waals surface area contributed by atoms with E-state index in [1.54, 1.807) is 31.2 Å². The molecule has 0 saturated carbocycles. The Morgan fingerprint density at radius 3 is 2.60 bits per heavy atom. The van der Waals surface area contributed by atoms with E-state index in [-0.39, 0.29) is 22.5 Å². The Kier molecular flexibility index (Phi) is 6.25. The highest BCUT2D eigenvalue weighted by atomic mass is 32.2. The van der Waals surface area contributed by atoms with Crippen molar-refractivity contribution in [2.75, 3.05) is 12.0 Å². The minimum absolute atomic E-state index is 0.165. The van der Waals surface area contributed by atoms with Gasteiger partial charge in [0.15, 0.2) is 0 Å². The lowest BCUT2D eigenvalue weighted by Gasteiger charge is -2.14. The van der Waals surface area contributed by atoms with Crippen molar-refractivity contribution in [3.8, 4) is 0 Å². The number of hydrogen-bond donors (Lipinski definition) is 2. The Bertz CT molecular complexity index is 614. The Morgan fingerprint density at radius 1 is 1.45 bits per heavy atom. The normalized spacial score (nSPS) is 14.7. The zero-order valence-corrected chi connectivity index (χ0v) is 13.8.